The van der Waals surface area contributed by atoms with Gasteiger partial charge in [-0.05, 0) is 17.7 Å². The molecule has 0 saturated heterocycles. The summed E-state index contributed by atoms with van der Waals surface area (Å²) >= 11 is 5.70. The third-order valence-corrected chi connectivity index (χ3v) is 1.75. The summed E-state index contributed by atoms with van der Waals surface area (Å²) in [5.74, 6) is 0. The fourth-order valence-corrected chi connectivity index (χ4v) is 1.12. The molecule has 2 nitrogen and oxygen atoms in total. The quantitative estimate of drug-likeness (QED) is 0.761. The van der Waals surface area contributed by atoms with Crippen molar-refractivity contribution in [1.82, 2.24) is 0 Å². The molecule has 1 rings (SSSR count). The van der Waals surface area contributed by atoms with Crippen molar-refractivity contribution in [2.24, 2.45) is 0 Å². The second-order valence-electron chi connectivity index (χ2n) is 2.43. The molecule has 0 aliphatic carbocycles. The molecule has 1 atom stereocenters. The first-order valence-corrected chi connectivity index (χ1v) is 3.92. The first kappa shape index (κ1) is 9.05. The lowest BCUT2D eigenvalue weighted by atomic mass is 10.1. The molecule has 0 heterocycles. The van der Waals surface area contributed by atoms with Gasteiger partial charge in [0.05, 0.1) is 18.6 Å². The van der Waals surface area contributed by atoms with Crippen LogP contribution in [0.5, 0.6) is 0 Å². The van der Waals surface area contributed by atoms with Gasteiger partial charge in [-0.2, -0.15) is 5.26 Å². The summed E-state index contributed by atoms with van der Waals surface area (Å²) in [6, 6.07) is 8.77. The average Bonchev–Trinajstić information content (AvgIpc) is 2.05. The minimum absolute atomic E-state index is 0.0976. The Morgan fingerprint density at radius 2 is 2.33 bits per heavy atom. The molecule has 0 amide bonds. The van der Waals surface area contributed by atoms with Crippen LogP contribution in [0.25, 0.3) is 0 Å². The van der Waals surface area contributed by atoms with Gasteiger partial charge in [0.25, 0.3) is 0 Å². The zero-order chi connectivity index (χ0) is 8.97. The predicted molar refractivity (Wildman–Crippen MR) is 46.6 cm³/mol. The molecule has 12 heavy (non-hydrogen) atoms. The number of hydrogen-bond donors (Lipinski definition) is 1. The maximum atomic E-state index is 9.36. The van der Waals surface area contributed by atoms with E-state index in [0.717, 1.165) is 0 Å². The van der Waals surface area contributed by atoms with Gasteiger partial charge >= 0.3 is 0 Å². The average molecular weight is 182 g/mol. The van der Waals surface area contributed by atoms with Gasteiger partial charge in [-0.25, -0.2) is 0 Å². The van der Waals surface area contributed by atoms with Crippen LogP contribution < -0.4 is 0 Å². The van der Waals surface area contributed by atoms with Crippen molar-refractivity contribution >= 4 is 11.6 Å². The molecule has 0 radical (unpaired) electrons. The molecule has 62 valence electrons. The molecule has 1 aromatic rings. The van der Waals surface area contributed by atoms with Crippen LogP contribution in [-0.2, 0) is 0 Å². The Balaban J connectivity index is 2.82. The minimum atomic E-state index is -0.728. The highest BCUT2D eigenvalue weighted by Crippen LogP contribution is 2.19. The van der Waals surface area contributed by atoms with E-state index in [1.807, 2.05) is 6.07 Å². The van der Waals surface area contributed by atoms with Gasteiger partial charge in [0.2, 0.25) is 0 Å². The summed E-state index contributed by atoms with van der Waals surface area (Å²) in [5, 5.41) is 18.3. The largest absolute Gasteiger partial charge is 0.387 e. The van der Waals surface area contributed by atoms with Gasteiger partial charge in [0.15, 0.2) is 0 Å². The monoisotopic (exact) mass is 181 g/mol. The number of hydrogen-bond acceptors (Lipinski definition) is 2. The summed E-state index contributed by atoms with van der Waals surface area (Å²) in [6.07, 6.45) is -0.630. The van der Waals surface area contributed by atoms with E-state index < -0.39 is 6.10 Å². The molecule has 0 aromatic heterocycles. The van der Waals surface area contributed by atoms with Crippen molar-refractivity contribution in [1.29, 1.82) is 5.26 Å². The Hall–Kier alpha value is -1.04. The van der Waals surface area contributed by atoms with Crippen LogP contribution in [0, 0.1) is 11.3 Å². The molecule has 1 aromatic carbocycles. The number of halogens is 1. The zero-order valence-corrected chi connectivity index (χ0v) is 7.12. The lowest BCUT2D eigenvalue weighted by Gasteiger charge is -2.05. The van der Waals surface area contributed by atoms with E-state index in [-0.39, 0.29) is 6.42 Å². The van der Waals surface area contributed by atoms with Gasteiger partial charge in [-0.1, -0.05) is 23.7 Å². The second-order valence-corrected chi connectivity index (χ2v) is 2.87. The Labute approximate surface area is 76.0 Å². The standard InChI is InChI=1S/C9H8ClNO/c10-8-3-1-2-7(6-8)9(12)4-5-11/h1-3,6,9,12H,4H2/t9-/m1/s1. The number of nitriles is 1. The minimum Gasteiger partial charge on any atom is -0.387 e. The Kier molecular flexibility index (Phi) is 3.09. The van der Waals surface area contributed by atoms with E-state index in [1.54, 1.807) is 24.3 Å². The number of aliphatic hydroxyl groups excluding tert-OH is 1. The van der Waals surface area contributed by atoms with E-state index in [4.69, 9.17) is 16.9 Å². The summed E-state index contributed by atoms with van der Waals surface area (Å²) in [7, 11) is 0. The Morgan fingerprint density at radius 3 is 2.92 bits per heavy atom. The third-order valence-electron chi connectivity index (χ3n) is 1.52. The first-order valence-electron chi connectivity index (χ1n) is 3.54. The number of nitrogens with zero attached hydrogens (tertiary/aromatic N) is 1. The summed E-state index contributed by atoms with van der Waals surface area (Å²) in [4.78, 5) is 0. The van der Waals surface area contributed by atoms with Crippen molar-refractivity contribution < 1.29 is 5.11 Å². The van der Waals surface area contributed by atoms with Crippen molar-refractivity contribution in [2.45, 2.75) is 12.5 Å². The Morgan fingerprint density at radius 1 is 1.58 bits per heavy atom. The van der Waals surface area contributed by atoms with Crippen LogP contribution in [0.15, 0.2) is 24.3 Å². The fraction of sp³-hybridized carbons (Fsp3) is 0.222. The SMILES string of the molecule is N#CC[C@@H](O)c1cccc(Cl)c1. The van der Waals surface area contributed by atoms with Gasteiger partial charge in [0.1, 0.15) is 0 Å². The Bertz CT molecular complexity index is 306. The van der Waals surface area contributed by atoms with E-state index in [1.165, 1.54) is 0 Å². The number of rotatable bonds is 2. The van der Waals surface area contributed by atoms with Crippen molar-refractivity contribution in [3.05, 3.63) is 34.9 Å². The molecule has 3 heteroatoms. The van der Waals surface area contributed by atoms with E-state index in [9.17, 15) is 5.11 Å². The van der Waals surface area contributed by atoms with Crippen LogP contribution >= 0.6 is 11.6 Å². The smallest absolute Gasteiger partial charge is 0.0920 e. The van der Waals surface area contributed by atoms with Crippen LogP contribution in [0.3, 0.4) is 0 Å². The van der Waals surface area contributed by atoms with Crippen LogP contribution in [0.2, 0.25) is 5.02 Å². The van der Waals surface area contributed by atoms with Crippen LogP contribution in [0.4, 0.5) is 0 Å². The molecule has 1 N–H and O–H groups in total. The number of aliphatic hydroxyl groups is 1. The summed E-state index contributed by atoms with van der Waals surface area (Å²) in [6.45, 7) is 0. The fourth-order valence-electron chi connectivity index (χ4n) is 0.918. The maximum absolute atomic E-state index is 9.36. The van der Waals surface area contributed by atoms with Crippen molar-refractivity contribution in [3.63, 3.8) is 0 Å². The lowest BCUT2D eigenvalue weighted by Crippen LogP contribution is -1.94. The van der Waals surface area contributed by atoms with Gasteiger partial charge in [0, 0.05) is 5.02 Å². The summed E-state index contributed by atoms with van der Waals surface area (Å²) < 4.78 is 0. The van der Waals surface area contributed by atoms with Crippen LogP contribution in [-0.4, -0.2) is 5.11 Å². The molecule has 0 saturated carbocycles. The second kappa shape index (κ2) is 4.10. The van der Waals surface area contributed by atoms with Gasteiger partial charge in [-0.15, -0.1) is 0 Å². The van der Waals surface area contributed by atoms with Gasteiger partial charge < -0.3 is 5.11 Å². The molecule has 0 bridgehead atoms. The normalized spacial score (nSPS) is 12.1. The first-order chi connectivity index (χ1) is 5.74. The van der Waals surface area contributed by atoms with Crippen LogP contribution in [0.1, 0.15) is 18.1 Å². The van der Waals surface area contributed by atoms with E-state index in [0.29, 0.717) is 10.6 Å². The lowest BCUT2D eigenvalue weighted by molar-refractivity contribution is 0.183. The molecule has 0 aliphatic rings. The van der Waals surface area contributed by atoms with Gasteiger partial charge in [-0.3, -0.25) is 0 Å². The molecule has 0 aliphatic heterocycles. The molecule has 0 fully saturated rings. The molecular formula is C9H8ClNO. The van der Waals surface area contributed by atoms with Crippen molar-refractivity contribution in [3.8, 4) is 6.07 Å². The maximum Gasteiger partial charge on any atom is 0.0920 e. The highest BCUT2D eigenvalue weighted by molar-refractivity contribution is 6.30. The van der Waals surface area contributed by atoms with E-state index in [2.05, 4.69) is 0 Å². The topological polar surface area (TPSA) is 44.0 Å². The summed E-state index contributed by atoms with van der Waals surface area (Å²) in [5.41, 5.74) is 0.684. The third kappa shape index (κ3) is 2.23. The number of benzene rings is 1. The van der Waals surface area contributed by atoms with Crippen molar-refractivity contribution in [2.75, 3.05) is 0 Å². The zero-order valence-electron chi connectivity index (χ0n) is 6.37. The molecule has 0 spiro atoms. The predicted octanol–water partition coefficient (Wildman–Crippen LogP) is 2.29. The molecular weight excluding hydrogens is 174 g/mol. The highest BCUT2D eigenvalue weighted by Gasteiger charge is 2.05. The molecule has 0 unspecified atom stereocenters. The highest BCUT2D eigenvalue weighted by atomic mass is 35.5. The van der Waals surface area contributed by atoms with E-state index >= 15 is 0 Å².